The summed E-state index contributed by atoms with van der Waals surface area (Å²) in [6.07, 6.45) is 1.23. The second kappa shape index (κ2) is 5.56. The molecule has 2 amide bonds. The van der Waals surface area contributed by atoms with Crippen LogP contribution in [0.1, 0.15) is 51.5 Å². The van der Waals surface area contributed by atoms with Gasteiger partial charge < -0.3 is 10.2 Å². The quantitative estimate of drug-likeness (QED) is 0.928. The van der Waals surface area contributed by atoms with E-state index in [4.69, 9.17) is 0 Å². The minimum absolute atomic E-state index is 0.0207. The first-order valence-corrected chi connectivity index (χ1v) is 8.00. The fourth-order valence-corrected chi connectivity index (χ4v) is 3.48. The van der Waals surface area contributed by atoms with E-state index in [9.17, 15) is 9.59 Å². The van der Waals surface area contributed by atoms with E-state index in [1.54, 1.807) is 16.2 Å². The Balaban J connectivity index is 2.39. The molecule has 1 saturated heterocycles. The Labute approximate surface area is 124 Å². The minimum Gasteiger partial charge on any atom is -0.340 e. The van der Waals surface area contributed by atoms with Crippen LogP contribution in [0, 0.1) is 0 Å². The van der Waals surface area contributed by atoms with E-state index < -0.39 is 5.54 Å². The molecule has 20 heavy (non-hydrogen) atoms. The Bertz CT molecular complexity index is 500. The molecule has 1 aliphatic rings. The van der Waals surface area contributed by atoms with Crippen LogP contribution >= 0.6 is 11.3 Å². The van der Waals surface area contributed by atoms with Crippen molar-refractivity contribution < 1.29 is 9.59 Å². The maximum absolute atomic E-state index is 12.8. The fraction of sp³-hybridized carbons (Fsp3) is 0.600. The third kappa shape index (κ3) is 2.35. The third-order valence-electron chi connectivity index (χ3n) is 4.21. The van der Waals surface area contributed by atoms with Crippen LogP contribution in [0.5, 0.6) is 0 Å². The number of hydrogen-bond acceptors (Lipinski definition) is 3. The summed E-state index contributed by atoms with van der Waals surface area (Å²) in [5.41, 5.74) is -0.783. The molecule has 4 nitrogen and oxygen atoms in total. The molecule has 1 aromatic heterocycles. The first-order valence-electron chi connectivity index (χ1n) is 7.12. The number of hydrogen-bond donors (Lipinski definition) is 1. The number of nitrogens with zero attached hydrogens (tertiary/aromatic N) is 1. The zero-order valence-corrected chi connectivity index (χ0v) is 13.3. The smallest absolute Gasteiger partial charge is 0.249 e. The number of amides is 2. The van der Waals surface area contributed by atoms with Gasteiger partial charge in [0, 0.05) is 4.88 Å². The fourth-order valence-electron chi connectivity index (χ4n) is 2.70. The zero-order valence-electron chi connectivity index (χ0n) is 12.5. The van der Waals surface area contributed by atoms with Crippen LogP contribution in [0.15, 0.2) is 17.5 Å². The summed E-state index contributed by atoms with van der Waals surface area (Å²) in [6, 6.07) is 3.56. The van der Waals surface area contributed by atoms with Crippen molar-refractivity contribution in [3.05, 3.63) is 22.4 Å². The molecule has 0 bridgehead atoms. The first kappa shape index (κ1) is 15.0. The van der Waals surface area contributed by atoms with Crippen molar-refractivity contribution in [2.24, 2.45) is 0 Å². The molecule has 1 aliphatic heterocycles. The van der Waals surface area contributed by atoms with Gasteiger partial charge in [-0.15, -0.1) is 11.3 Å². The minimum atomic E-state index is -0.783. The normalized spacial score (nSPS) is 28.4. The topological polar surface area (TPSA) is 49.4 Å². The summed E-state index contributed by atoms with van der Waals surface area (Å²) in [5, 5.41) is 4.90. The number of piperazine rings is 1. The first-order chi connectivity index (χ1) is 9.44. The Kier molecular flexibility index (Phi) is 4.18. The van der Waals surface area contributed by atoms with Gasteiger partial charge in [-0.2, -0.15) is 0 Å². The molecule has 5 heteroatoms. The molecule has 1 N–H and O–H groups in total. The van der Waals surface area contributed by atoms with Crippen LogP contribution in [0.25, 0.3) is 0 Å². The van der Waals surface area contributed by atoms with Gasteiger partial charge in [0.25, 0.3) is 0 Å². The van der Waals surface area contributed by atoms with Gasteiger partial charge in [0.2, 0.25) is 11.8 Å². The average molecular weight is 294 g/mol. The van der Waals surface area contributed by atoms with Crippen molar-refractivity contribution in [1.82, 2.24) is 10.2 Å². The Morgan fingerprint density at radius 3 is 2.65 bits per heavy atom. The predicted octanol–water partition coefficient (Wildman–Crippen LogP) is 2.71. The molecule has 0 aliphatic carbocycles. The summed E-state index contributed by atoms with van der Waals surface area (Å²) in [5.74, 6) is -0.0211. The van der Waals surface area contributed by atoms with Gasteiger partial charge in [0.1, 0.15) is 11.6 Å². The van der Waals surface area contributed by atoms with E-state index in [2.05, 4.69) is 5.32 Å². The van der Waals surface area contributed by atoms with Crippen molar-refractivity contribution in [3.8, 4) is 0 Å². The third-order valence-corrected chi connectivity index (χ3v) is 5.25. The van der Waals surface area contributed by atoms with E-state index in [-0.39, 0.29) is 23.9 Å². The van der Waals surface area contributed by atoms with Gasteiger partial charge in [-0.25, -0.2) is 0 Å². The molecule has 2 heterocycles. The molecule has 0 aromatic carbocycles. The molecule has 0 spiro atoms. The van der Waals surface area contributed by atoms with Crippen LogP contribution in [0.3, 0.4) is 0 Å². The highest BCUT2D eigenvalue weighted by Crippen LogP contribution is 2.33. The van der Waals surface area contributed by atoms with Gasteiger partial charge >= 0.3 is 0 Å². The van der Waals surface area contributed by atoms with E-state index >= 15 is 0 Å². The number of carbonyl (C=O) groups excluding carboxylic acids is 2. The van der Waals surface area contributed by atoms with Gasteiger partial charge in [-0.05, 0) is 38.1 Å². The molecule has 3 atom stereocenters. The highest BCUT2D eigenvalue weighted by atomic mass is 32.1. The van der Waals surface area contributed by atoms with Crippen LogP contribution in [0.2, 0.25) is 0 Å². The molecule has 0 radical (unpaired) electrons. The second-order valence-electron chi connectivity index (χ2n) is 5.50. The van der Waals surface area contributed by atoms with E-state index in [1.165, 1.54) is 0 Å². The Hall–Kier alpha value is -1.36. The van der Waals surface area contributed by atoms with Gasteiger partial charge in [0.15, 0.2) is 0 Å². The predicted molar refractivity (Wildman–Crippen MR) is 80.5 cm³/mol. The van der Waals surface area contributed by atoms with E-state index in [1.807, 2.05) is 45.2 Å². The molecule has 2 rings (SSSR count). The number of nitrogens with one attached hydrogen (secondary N) is 1. The largest absolute Gasteiger partial charge is 0.340 e. The molecule has 1 aromatic rings. The van der Waals surface area contributed by atoms with Gasteiger partial charge in [-0.3, -0.25) is 9.59 Å². The average Bonchev–Trinajstić information content (AvgIpc) is 2.95. The maximum Gasteiger partial charge on any atom is 0.249 e. The highest BCUT2D eigenvalue weighted by molar-refractivity contribution is 7.10. The lowest BCUT2D eigenvalue weighted by Crippen LogP contribution is -2.69. The zero-order chi connectivity index (χ0) is 14.9. The van der Waals surface area contributed by atoms with Crippen molar-refractivity contribution in [3.63, 3.8) is 0 Å². The summed E-state index contributed by atoms with van der Waals surface area (Å²) in [7, 11) is 0. The number of carbonyl (C=O) groups is 2. The number of rotatable bonds is 4. The van der Waals surface area contributed by atoms with Gasteiger partial charge in [0.05, 0.1) is 6.04 Å². The standard InChI is InChI=1S/C15H22N2O2S/c1-5-11-13(18)16-15(4,6-2)14(19)17(11)10(3)12-8-7-9-20-12/h7-11H,5-6H2,1-4H3,(H,16,18). The second-order valence-corrected chi connectivity index (χ2v) is 6.48. The molecular weight excluding hydrogens is 272 g/mol. The Morgan fingerprint density at radius 2 is 2.15 bits per heavy atom. The summed E-state index contributed by atoms with van der Waals surface area (Å²) in [6.45, 7) is 7.69. The van der Waals surface area contributed by atoms with Crippen molar-refractivity contribution in [1.29, 1.82) is 0 Å². The molecule has 3 unspecified atom stereocenters. The number of thiophene rings is 1. The lowest BCUT2D eigenvalue weighted by atomic mass is 9.90. The summed E-state index contributed by atoms with van der Waals surface area (Å²) < 4.78 is 0. The van der Waals surface area contributed by atoms with E-state index in [0.717, 1.165) is 4.88 Å². The molecular formula is C15H22N2O2S. The maximum atomic E-state index is 12.8. The van der Waals surface area contributed by atoms with Gasteiger partial charge in [-0.1, -0.05) is 19.9 Å². The van der Waals surface area contributed by atoms with Crippen LogP contribution in [0.4, 0.5) is 0 Å². The molecule has 0 saturated carbocycles. The molecule has 1 fully saturated rings. The van der Waals surface area contributed by atoms with Crippen molar-refractivity contribution in [2.45, 2.75) is 58.2 Å². The lowest BCUT2D eigenvalue weighted by Gasteiger charge is -2.46. The highest BCUT2D eigenvalue weighted by Gasteiger charge is 2.48. The SMILES string of the molecule is CCC1C(=O)NC(C)(CC)C(=O)N1C(C)c1cccs1. The van der Waals surface area contributed by atoms with Crippen LogP contribution in [-0.4, -0.2) is 28.3 Å². The summed E-state index contributed by atoms with van der Waals surface area (Å²) in [4.78, 5) is 28.1. The van der Waals surface area contributed by atoms with E-state index in [0.29, 0.717) is 12.8 Å². The van der Waals surface area contributed by atoms with Crippen molar-refractivity contribution >= 4 is 23.2 Å². The van der Waals surface area contributed by atoms with Crippen LogP contribution < -0.4 is 5.32 Å². The van der Waals surface area contributed by atoms with Crippen LogP contribution in [-0.2, 0) is 9.59 Å². The lowest BCUT2D eigenvalue weighted by molar-refractivity contribution is -0.157. The van der Waals surface area contributed by atoms with Crippen molar-refractivity contribution in [2.75, 3.05) is 0 Å². The monoisotopic (exact) mass is 294 g/mol. The molecule has 110 valence electrons. The summed E-state index contributed by atoms with van der Waals surface area (Å²) >= 11 is 1.62. The Morgan fingerprint density at radius 1 is 1.45 bits per heavy atom.